The predicted molar refractivity (Wildman–Crippen MR) is 160 cm³/mol. The van der Waals surface area contributed by atoms with Crippen molar-refractivity contribution in [3.05, 3.63) is 81.9 Å². The summed E-state index contributed by atoms with van der Waals surface area (Å²) in [6.07, 6.45) is 3.50. The fourth-order valence-electron chi connectivity index (χ4n) is 6.34. The lowest BCUT2D eigenvalue weighted by molar-refractivity contribution is -0.123. The summed E-state index contributed by atoms with van der Waals surface area (Å²) in [7, 11) is 4.97. The van der Waals surface area contributed by atoms with E-state index in [-0.39, 0.29) is 24.1 Å². The van der Waals surface area contributed by atoms with Crippen molar-refractivity contribution >= 4 is 5.91 Å². The van der Waals surface area contributed by atoms with Gasteiger partial charge in [0.1, 0.15) is 0 Å². The number of aryl methyl sites for hydroxylation is 1. The van der Waals surface area contributed by atoms with Gasteiger partial charge in [-0.15, -0.1) is 0 Å². The summed E-state index contributed by atoms with van der Waals surface area (Å²) in [5, 5.41) is 3.35. The minimum Gasteiger partial charge on any atom is -0.493 e. The maximum atomic E-state index is 13.5. The molecule has 0 fully saturated rings. The molecule has 218 valence electrons. The molecule has 2 aliphatic rings. The molecule has 3 aromatic carbocycles. The molecule has 1 aliphatic carbocycles. The molecule has 2 unspecified atom stereocenters. The van der Waals surface area contributed by atoms with Gasteiger partial charge >= 0.3 is 0 Å². The minimum atomic E-state index is -0.0267. The van der Waals surface area contributed by atoms with E-state index < -0.39 is 0 Å². The van der Waals surface area contributed by atoms with Crippen molar-refractivity contribution in [2.45, 2.75) is 64.6 Å². The van der Waals surface area contributed by atoms with Gasteiger partial charge in [-0.25, -0.2) is 0 Å². The molecule has 0 bridgehead atoms. The maximum Gasteiger partial charge on any atom is 0.234 e. The Morgan fingerprint density at radius 3 is 2.41 bits per heavy atom. The van der Waals surface area contributed by atoms with Crippen LogP contribution in [0, 0.1) is 6.92 Å². The Bertz CT molecular complexity index is 1400. The molecule has 2 atom stereocenters. The number of amides is 1. The van der Waals surface area contributed by atoms with E-state index >= 15 is 0 Å². The topological polar surface area (TPSA) is 69.3 Å². The number of nitrogens with one attached hydrogen (secondary N) is 1. The van der Waals surface area contributed by atoms with Crippen LogP contribution < -0.4 is 24.3 Å². The van der Waals surface area contributed by atoms with E-state index in [2.05, 4.69) is 53.5 Å². The number of hydrogen-bond acceptors (Lipinski definition) is 6. The average Bonchev–Trinajstić information content (AvgIpc) is 3.37. The molecule has 0 radical (unpaired) electrons. The molecule has 41 heavy (non-hydrogen) atoms. The van der Waals surface area contributed by atoms with Crippen LogP contribution in [-0.2, 0) is 24.1 Å². The highest BCUT2D eigenvalue weighted by molar-refractivity contribution is 5.79. The summed E-state index contributed by atoms with van der Waals surface area (Å²) in [6, 6.07) is 16.7. The Morgan fingerprint density at radius 1 is 0.927 bits per heavy atom. The fraction of sp³-hybridized carbons (Fsp3) is 0.441. The van der Waals surface area contributed by atoms with Gasteiger partial charge in [0.15, 0.2) is 23.0 Å². The SMILES string of the molecule is COc1ccc(CC2c3cc(OC(C)C)c(OC)cc3CCN2CC(=O)NC2CCc3c(C)cccc32)cc1OC. The molecular formula is C34H42N2O5. The quantitative estimate of drug-likeness (QED) is 0.342. The van der Waals surface area contributed by atoms with Crippen LogP contribution in [0.3, 0.4) is 0 Å². The number of rotatable bonds is 10. The largest absolute Gasteiger partial charge is 0.493 e. The van der Waals surface area contributed by atoms with Crippen LogP contribution in [0.15, 0.2) is 48.5 Å². The van der Waals surface area contributed by atoms with Gasteiger partial charge in [0.05, 0.1) is 40.0 Å². The molecule has 1 N–H and O–H groups in total. The number of methoxy groups -OCH3 is 3. The highest BCUT2D eigenvalue weighted by atomic mass is 16.5. The maximum absolute atomic E-state index is 13.5. The van der Waals surface area contributed by atoms with Crippen molar-refractivity contribution in [1.29, 1.82) is 0 Å². The third-order valence-electron chi connectivity index (χ3n) is 8.32. The summed E-state index contributed by atoms with van der Waals surface area (Å²) >= 11 is 0. The predicted octanol–water partition coefficient (Wildman–Crippen LogP) is 5.75. The molecule has 1 amide bonds. The Hall–Kier alpha value is -3.71. The first-order valence-corrected chi connectivity index (χ1v) is 14.5. The van der Waals surface area contributed by atoms with E-state index in [4.69, 9.17) is 18.9 Å². The molecule has 7 nitrogen and oxygen atoms in total. The second-order valence-corrected chi connectivity index (χ2v) is 11.3. The van der Waals surface area contributed by atoms with Crippen LogP contribution in [0.2, 0.25) is 0 Å². The zero-order valence-electron chi connectivity index (χ0n) is 25.1. The number of hydrogen-bond donors (Lipinski definition) is 1. The number of fused-ring (bicyclic) bond motifs is 2. The Morgan fingerprint density at radius 2 is 1.68 bits per heavy atom. The van der Waals surface area contributed by atoms with Gasteiger partial charge in [0.2, 0.25) is 5.91 Å². The highest BCUT2D eigenvalue weighted by Gasteiger charge is 2.32. The van der Waals surface area contributed by atoms with Crippen LogP contribution >= 0.6 is 0 Å². The molecule has 0 saturated carbocycles. The van der Waals surface area contributed by atoms with E-state index in [0.29, 0.717) is 24.5 Å². The van der Waals surface area contributed by atoms with Gasteiger partial charge in [-0.3, -0.25) is 9.69 Å². The van der Waals surface area contributed by atoms with Gasteiger partial charge < -0.3 is 24.3 Å². The lowest BCUT2D eigenvalue weighted by Gasteiger charge is -2.38. The van der Waals surface area contributed by atoms with Crippen LogP contribution in [0.25, 0.3) is 0 Å². The van der Waals surface area contributed by atoms with Crippen LogP contribution in [-0.4, -0.2) is 51.3 Å². The van der Waals surface area contributed by atoms with Crippen molar-refractivity contribution in [2.24, 2.45) is 0 Å². The average molecular weight is 559 g/mol. The summed E-state index contributed by atoms with van der Waals surface area (Å²) in [4.78, 5) is 15.8. The monoisotopic (exact) mass is 558 g/mol. The van der Waals surface area contributed by atoms with Crippen LogP contribution in [0.4, 0.5) is 0 Å². The van der Waals surface area contributed by atoms with E-state index in [1.54, 1.807) is 21.3 Å². The zero-order valence-corrected chi connectivity index (χ0v) is 25.1. The van der Waals surface area contributed by atoms with Gasteiger partial charge in [0, 0.05) is 12.6 Å². The van der Waals surface area contributed by atoms with Crippen molar-refractivity contribution in [3.63, 3.8) is 0 Å². The smallest absolute Gasteiger partial charge is 0.234 e. The fourth-order valence-corrected chi connectivity index (χ4v) is 6.34. The number of benzene rings is 3. The number of ether oxygens (including phenoxy) is 4. The number of carbonyl (C=O) groups is 1. The van der Waals surface area contributed by atoms with Crippen molar-refractivity contribution in [2.75, 3.05) is 34.4 Å². The van der Waals surface area contributed by atoms with Crippen molar-refractivity contribution in [1.82, 2.24) is 10.2 Å². The molecule has 7 heteroatoms. The summed E-state index contributed by atoms with van der Waals surface area (Å²) in [6.45, 7) is 7.27. The van der Waals surface area contributed by atoms with Crippen LogP contribution in [0.5, 0.6) is 23.0 Å². The molecule has 0 saturated heterocycles. The van der Waals surface area contributed by atoms with Gasteiger partial charge in [-0.2, -0.15) is 0 Å². The number of carbonyl (C=O) groups excluding carboxylic acids is 1. The normalized spacial score (nSPS) is 18.0. The second kappa shape index (κ2) is 12.4. The standard InChI is InChI=1S/C34H42N2O5/c1-21(2)41-33-19-27-24(18-32(33)40-6)14-15-36(29(27)16-23-10-13-30(38-4)31(17-23)39-5)20-34(37)35-28-12-11-25-22(3)8-7-9-26(25)28/h7-10,13,17-19,21,28-29H,11-12,14-16,20H2,1-6H3,(H,35,37). The Kier molecular flexibility index (Phi) is 8.74. The lowest BCUT2D eigenvalue weighted by atomic mass is 9.88. The minimum absolute atomic E-state index is 0.00893. The van der Waals surface area contributed by atoms with Crippen molar-refractivity contribution < 1.29 is 23.7 Å². The third kappa shape index (κ3) is 6.15. The molecular weight excluding hydrogens is 516 g/mol. The van der Waals surface area contributed by atoms with E-state index in [0.717, 1.165) is 48.4 Å². The third-order valence-corrected chi connectivity index (χ3v) is 8.32. The molecule has 0 spiro atoms. The number of nitrogens with zero attached hydrogens (tertiary/aromatic N) is 1. The summed E-state index contributed by atoms with van der Waals surface area (Å²) in [5.41, 5.74) is 7.43. The first-order chi connectivity index (χ1) is 19.8. The van der Waals surface area contributed by atoms with Crippen LogP contribution in [0.1, 0.15) is 65.7 Å². The van der Waals surface area contributed by atoms with Gasteiger partial charge in [0.25, 0.3) is 0 Å². The molecule has 5 rings (SSSR count). The second-order valence-electron chi connectivity index (χ2n) is 11.3. The zero-order chi connectivity index (χ0) is 29.1. The summed E-state index contributed by atoms with van der Waals surface area (Å²) < 4.78 is 22.9. The Balaban J connectivity index is 1.44. The van der Waals surface area contributed by atoms with Gasteiger partial charge in [-0.05, 0) is 104 Å². The van der Waals surface area contributed by atoms with Gasteiger partial charge in [-0.1, -0.05) is 24.3 Å². The summed E-state index contributed by atoms with van der Waals surface area (Å²) in [5.74, 6) is 2.91. The van der Waals surface area contributed by atoms with E-state index in [9.17, 15) is 4.79 Å². The lowest BCUT2D eigenvalue weighted by Crippen LogP contribution is -2.44. The van der Waals surface area contributed by atoms with E-state index in [1.807, 2.05) is 26.0 Å². The molecule has 0 aromatic heterocycles. The van der Waals surface area contributed by atoms with Crippen molar-refractivity contribution in [3.8, 4) is 23.0 Å². The molecule has 1 aliphatic heterocycles. The van der Waals surface area contributed by atoms with E-state index in [1.165, 1.54) is 22.3 Å². The first-order valence-electron chi connectivity index (χ1n) is 14.5. The molecule has 3 aromatic rings. The first kappa shape index (κ1) is 28.8. The Labute approximate surface area is 243 Å². The molecule has 1 heterocycles. The highest BCUT2D eigenvalue weighted by Crippen LogP contribution is 2.41.